The summed E-state index contributed by atoms with van der Waals surface area (Å²) in [5.74, 6) is 2.04. The van der Waals surface area contributed by atoms with Crippen LogP contribution in [0.4, 0.5) is 0 Å². The molecule has 106 valence electrons. The Hall–Kier alpha value is -1.50. The number of ether oxygens (including phenoxy) is 4. The van der Waals surface area contributed by atoms with Gasteiger partial charge in [-0.15, -0.1) is 0 Å². The van der Waals surface area contributed by atoms with Crippen LogP contribution in [-0.4, -0.2) is 40.6 Å². The van der Waals surface area contributed by atoms with Crippen molar-refractivity contribution in [3.8, 4) is 17.2 Å². The second-order valence-electron chi connectivity index (χ2n) is 3.98. The lowest BCUT2D eigenvalue weighted by Crippen LogP contribution is -2.19. The van der Waals surface area contributed by atoms with Crippen LogP contribution in [0.1, 0.15) is 5.56 Å². The largest absolute Gasteiger partial charge is 0.493 e. The van der Waals surface area contributed by atoms with Crippen molar-refractivity contribution in [1.82, 2.24) is 5.48 Å². The summed E-state index contributed by atoms with van der Waals surface area (Å²) < 4.78 is 21.3. The second kappa shape index (κ2) is 7.18. The molecule has 1 aromatic carbocycles. The summed E-state index contributed by atoms with van der Waals surface area (Å²) in [4.78, 5) is 5.21. The maximum atomic E-state index is 5.56. The van der Waals surface area contributed by atoms with Gasteiger partial charge in [0, 0.05) is 13.7 Å². The van der Waals surface area contributed by atoms with Crippen molar-refractivity contribution in [2.24, 2.45) is 0 Å². The van der Waals surface area contributed by atoms with E-state index in [1.165, 1.54) is 0 Å². The predicted octanol–water partition coefficient (Wildman–Crippen LogP) is 1.13. The Balaban J connectivity index is 1.97. The van der Waals surface area contributed by atoms with Crippen molar-refractivity contribution in [2.75, 3.05) is 40.6 Å². The van der Waals surface area contributed by atoms with E-state index in [-0.39, 0.29) is 0 Å². The monoisotopic (exact) mass is 269 g/mol. The minimum absolute atomic E-state index is 0.498. The average Bonchev–Trinajstić information content (AvgIpc) is 2.46. The van der Waals surface area contributed by atoms with Crippen LogP contribution in [0.5, 0.6) is 17.2 Å². The van der Waals surface area contributed by atoms with Gasteiger partial charge >= 0.3 is 0 Å². The summed E-state index contributed by atoms with van der Waals surface area (Å²) in [5.41, 5.74) is 3.86. The van der Waals surface area contributed by atoms with Crippen molar-refractivity contribution < 1.29 is 23.8 Å². The zero-order valence-corrected chi connectivity index (χ0v) is 11.2. The first kappa shape index (κ1) is 13.9. The van der Waals surface area contributed by atoms with E-state index in [4.69, 9.17) is 23.8 Å². The van der Waals surface area contributed by atoms with E-state index >= 15 is 0 Å². The molecule has 1 heterocycles. The third-order valence-corrected chi connectivity index (χ3v) is 2.66. The molecule has 0 radical (unpaired) electrons. The third kappa shape index (κ3) is 3.73. The minimum atomic E-state index is 0.498. The zero-order valence-electron chi connectivity index (χ0n) is 11.2. The van der Waals surface area contributed by atoms with Crippen LogP contribution >= 0.6 is 0 Å². The molecule has 1 aliphatic rings. The lowest BCUT2D eigenvalue weighted by atomic mass is 10.1. The fraction of sp³-hybridized carbons (Fsp3) is 0.538. The zero-order chi connectivity index (χ0) is 13.5. The van der Waals surface area contributed by atoms with Gasteiger partial charge in [-0.05, 0) is 17.7 Å². The molecule has 0 saturated heterocycles. The number of methoxy groups -OCH3 is 2. The fourth-order valence-corrected chi connectivity index (χ4v) is 1.76. The molecule has 6 heteroatoms. The summed E-state index contributed by atoms with van der Waals surface area (Å²) in [5, 5.41) is 0. The van der Waals surface area contributed by atoms with Crippen molar-refractivity contribution in [3.05, 3.63) is 17.7 Å². The highest BCUT2D eigenvalue weighted by Gasteiger charge is 2.18. The van der Waals surface area contributed by atoms with Gasteiger partial charge < -0.3 is 18.9 Å². The van der Waals surface area contributed by atoms with E-state index in [2.05, 4.69) is 5.48 Å². The molecule has 1 N–H and O–H groups in total. The van der Waals surface area contributed by atoms with Crippen LogP contribution in [0, 0.1) is 0 Å². The van der Waals surface area contributed by atoms with Crippen LogP contribution in [0.3, 0.4) is 0 Å². The number of fused-ring (bicyclic) bond motifs is 1. The third-order valence-electron chi connectivity index (χ3n) is 2.66. The molecule has 0 spiro atoms. The van der Waals surface area contributed by atoms with Gasteiger partial charge in [0.05, 0.1) is 20.3 Å². The fourth-order valence-electron chi connectivity index (χ4n) is 1.76. The van der Waals surface area contributed by atoms with E-state index < -0.39 is 0 Å². The maximum absolute atomic E-state index is 5.56. The van der Waals surface area contributed by atoms with Crippen LogP contribution in [0.15, 0.2) is 12.1 Å². The van der Waals surface area contributed by atoms with E-state index in [9.17, 15) is 0 Å². The minimum Gasteiger partial charge on any atom is -0.493 e. The lowest BCUT2D eigenvalue weighted by molar-refractivity contribution is 0.00339. The molecule has 19 heavy (non-hydrogen) atoms. The number of benzene rings is 1. The number of hydrogen-bond donors (Lipinski definition) is 1. The molecule has 0 unspecified atom stereocenters. The highest BCUT2D eigenvalue weighted by molar-refractivity contribution is 5.54. The Morgan fingerprint density at radius 3 is 2.79 bits per heavy atom. The van der Waals surface area contributed by atoms with E-state index in [0.29, 0.717) is 50.2 Å². The van der Waals surface area contributed by atoms with Crippen LogP contribution in [-0.2, 0) is 16.1 Å². The first-order valence-electron chi connectivity index (χ1n) is 6.15. The van der Waals surface area contributed by atoms with Crippen LogP contribution in [0.25, 0.3) is 0 Å². The summed E-state index contributed by atoms with van der Waals surface area (Å²) >= 11 is 0. The quantitative estimate of drug-likeness (QED) is 0.591. The Bertz CT molecular complexity index is 393. The summed E-state index contributed by atoms with van der Waals surface area (Å²) in [6.45, 7) is 2.70. The molecule has 1 aromatic rings. The number of hydrogen-bond acceptors (Lipinski definition) is 6. The standard InChI is InChI=1S/C13H19NO5/c1-15-3-6-19-14-9-10-7-11(16-2)13-12(8-10)17-4-5-18-13/h7-8,14H,3-6,9H2,1-2H3. The Morgan fingerprint density at radius 1 is 1.16 bits per heavy atom. The summed E-state index contributed by atoms with van der Waals surface area (Å²) in [7, 11) is 3.24. The molecule has 2 rings (SSSR count). The molecule has 0 bridgehead atoms. The molecular weight excluding hydrogens is 250 g/mol. The number of rotatable bonds is 7. The number of nitrogens with one attached hydrogen (secondary N) is 1. The van der Waals surface area contributed by atoms with Crippen molar-refractivity contribution in [3.63, 3.8) is 0 Å². The Labute approximate surface area is 112 Å². The smallest absolute Gasteiger partial charge is 0.203 e. The molecule has 0 amide bonds. The SMILES string of the molecule is COCCONCc1cc(OC)c2c(c1)OCCO2. The van der Waals surface area contributed by atoms with Crippen molar-refractivity contribution >= 4 is 0 Å². The Kier molecular flexibility index (Phi) is 5.26. The van der Waals surface area contributed by atoms with Crippen LogP contribution in [0.2, 0.25) is 0 Å². The van der Waals surface area contributed by atoms with Gasteiger partial charge in [0.1, 0.15) is 13.2 Å². The van der Waals surface area contributed by atoms with E-state index in [0.717, 1.165) is 5.56 Å². The molecule has 6 nitrogen and oxygen atoms in total. The van der Waals surface area contributed by atoms with Gasteiger partial charge in [0.15, 0.2) is 11.5 Å². The highest BCUT2D eigenvalue weighted by Crippen LogP contribution is 2.40. The van der Waals surface area contributed by atoms with Crippen molar-refractivity contribution in [1.29, 1.82) is 0 Å². The average molecular weight is 269 g/mol. The topological polar surface area (TPSA) is 58.2 Å². The number of hydroxylamine groups is 1. The van der Waals surface area contributed by atoms with Gasteiger partial charge in [-0.3, -0.25) is 4.84 Å². The first-order chi connectivity index (χ1) is 9.35. The Morgan fingerprint density at radius 2 is 2.00 bits per heavy atom. The molecule has 0 fully saturated rings. The normalized spacial score (nSPS) is 13.4. The first-order valence-corrected chi connectivity index (χ1v) is 6.15. The van der Waals surface area contributed by atoms with Gasteiger partial charge in [-0.2, -0.15) is 5.48 Å². The van der Waals surface area contributed by atoms with Gasteiger partial charge in [-0.1, -0.05) is 0 Å². The summed E-state index contributed by atoms with van der Waals surface area (Å²) in [6.07, 6.45) is 0. The van der Waals surface area contributed by atoms with Gasteiger partial charge in [-0.25, -0.2) is 0 Å². The second-order valence-corrected chi connectivity index (χ2v) is 3.98. The highest BCUT2D eigenvalue weighted by atomic mass is 16.7. The lowest BCUT2D eigenvalue weighted by Gasteiger charge is -2.21. The molecular formula is C13H19NO5. The maximum Gasteiger partial charge on any atom is 0.203 e. The van der Waals surface area contributed by atoms with Crippen LogP contribution < -0.4 is 19.7 Å². The van der Waals surface area contributed by atoms with Crippen molar-refractivity contribution in [2.45, 2.75) is 6.54 Å². The van der Waals surface area contributed by atoms with Gasteiger partial charge in [0.25, 0.3) is 0 Å². The summed E-state index contributed by atoms with van der Waals surface area (Å²) in [6, 6.07) is 3.82. The molecule has 0 aliphatic carbocycles. The molecule has 1 aliphatic heterocycles. The molecule has 0 aromatic heterocycles. The van der Waals surface area contributed by atoms with Gasteiger partial charge in [0.2, 0.25) is 5.75 Å². The van der Waals surface area contributed by atoms with E-state index in [1.54, 1.807) is 14.2 Å². The predicted molar refractivity (Wildman–Crippen MR) is 68.7 cm³/mol. The van der Waals surface area contributed by atoms with E-state index in [1.807, 2.05) is 12.1 Å². The molecule has 0 saturated carbocycles. The molecule has 0 atom stereocenters.